The highest BCUT2D eigenvalue weighted by Crippen LogP contribution is 2.48. The minimum absolute atomic E-state index is 0.0529. The molecule has 4 rings (SSSR count). The highest BCUT2D eigenvalue weighted by Gasteiger charge is 2.46. The molecule has 1 N–H and O–H groups in total. The number of benzene rings is 2. The van der Waals surface area contributed by atoms with Gasteiger partial charge in [-0.1, -0.05) is 18.2 Å². The first-order valence-electron chi connectivity index (χ1n) is 12.2. The molecule has 188 valence electrons. The Morgan fingerprint density at radius 1 is 1.06 bits per heavy atom. The number of ether oxygens (including phenoxy) is 4. The average molecular weight is 483 g/mol. The minimum Gasteiger partial charge on any atom is -0.493 e. The monoisotopic (exact) mass is 482 g/mol. The van der Waals surface area contributed by atoms with Crippen LogP contribution in [0.2, 0.25) is 0 Å². The van der Waals surface area contributed by atoms with E-state index in [1.165, 1.54) is 0 Å². The lowest BCUT2D eigenvalue weighted by Gasteiger charge is -2.45. The van der Waals surface area contributed by atoms with Crippen molar-refractivity contribution >= 4 is 11.8 Å². The van der Waals surface area contributed by atoms with E-state index in [4.69, 9.17) is 18.9 Å². The van der Waals surface area contributed by atoms with Crippen LogP contribution in [0.15, 0.2) is 36.4 Å². The van der Waals surface area contributed by atoms with Gasteiger partial charge in [0, 0.05) is 38.3 Å². The number of methoxy groups -OCH3 is 2. The Labute approximate surface area is 206 Å². The molecule has 0 saturated carbocycles. The second-order valence-corrected chi connectivity index (χ2v) is 8.58. The smallest absolute Gasteiger partial charge is 0.254 e. The van der Waals surface area contributed by atoms with Crippen LogP contribution >= 0.6 is 0 Å². The summed E-state index contributed by atoms with van der Waals surface area (Å²) in [5.41, 5.74) is 3.29. The van der Waals surface area contributed by atoms with E-state index in [2.05, 4.69) is 5.32 Å². The molecule has 0 aromatic heterocycles. The van der Waals surface area contributed by atoms with Crippen LogP contribution in [-0.4, -0.2) is 63.5 Å². The number of nitrogens with one attached hydrogen (secondary N) is 1. The molecule has 0 fully saturated rings. The lowest BCUT2D eigenvalue weighted by atomic mass is 9.75. The zero-order valence-electron chi connectivity index (χ0n) is 20.8. The molecule has 0 spiro atoms. The largest absolute Gasteiger partial charge is 0.493 e. The summed E-state index contributed by atoms with van der Waals surface area (Å²) in [4.78, 5) is 29.0. The molecular weight excluding hydrogens is 448 g/mol. The summed E-state index contributed by atoms with van der Waals surface area (Å²) in [6.45, 7) is 5.84. The van der Waals surface area contributed by atoms with Gasteiger partial charge in [0.15, 0.2) is 17.8 Å². The van der Waals surface area contributed by atoms with Crippen molar-refractivity contribution in [2.45, 2.75) is 44.9 Å². The van der Waals surface area contributed by atoms with Crippen LogP contribution < -0.4 is 14.8 Å². The Morgan fingerprint density at radius 2 is 1.74 bits per heavy atom. The quantitative estimate of drug-likeness (QED) is 0.522. The van der Waals surface area contributed by atoms with Crippen LogP contribution in [0.1, 0.15) is 59.3 Å². The fraction of sp³-hybridized carbons (Fsp3) is 0.481. The summed E-state index contributed by atoms with van der Waals surface area (Å²) < 4.78 is 22.3. The van der Waals surface area contributed by atoms with Gasteiger partial charge in [0.05, 0.1) is 26.2 Å². The van der Waals surface area contributed by atoms with Crippen LogP contribution in [0, 0.1) is 0 Å². The Hall–Kier alpha value is -3.10. The molecule has 2 aliphatic heterocycles. The van der Waals surface area contributed by atoms with Crippen molar-refractivity contribution in [1.82, 2.24) is 10.2 Å². The van der Waals surface area contributed by atoms with Gasteiger partial charge in [0.25, 0.3) is 5.91 Å². The van der Waals surface area contributed by atoms with E-state index in [1.54, 1.807) is 20.3 Å². The number of hydrogen-bond donors (Lipinski definition) is 1. The molecule has 0 saturated heterocycles. The van der Waals surface area contributed by atoms with Crippen LogP contribution in [-0.2, 0) is 20.7 Å². The Morgan fingerprint density at radius 3 is 2.43 bits per heavy atom. The molecule has 0 bridgehead atoms. The summed E-state index contributed by atoms with van der Waals surface area (Å²) >= 11 is 0. The van der Waals surface area contributed by atoms with Gasteiger partial charge in [-0.2, -0.15) is 0 Å². The molecule has 2 aromatic rings. The number of carbonyl (C=O) groups is 2. The zero-order chi connectivity index (χ0) is 24.9. The van der Waals surface area contributed by atoms with Crippen molar-refractivity contribution in [1.29, 1.82) is 0 Å². The van der Waals surface area contributed by atoms with Gasteiger partial charge in [0.1, 0.15) is 0 Å². The highest BCUT2D eigenvalue weighted by atomic mass is 16.7. The van der Waals surface area contributed by atoms with Crippen molar-refractivity contribution in [3.63, 3.8) is 0 Å². The van der Waals surface area contributed by atoms with E-state index in [0.717, 1.165) is 16.7 Å². The second-order valence-electron chi connectivity index (χ2n) is 8.58. The number of amides is 2. The third-order valence-corrected chi connectivity index (χ3v) is 6.69. The molecule has 2 aromatic carbocycles. The van der Waals surface area contributed by atoms with E-state index in [1.807, 2.05) is 49.1 Å². The van der Waals surface area contributed by atoms with Gasteiger partial charge in [-0.05, 0) is 55.2 Å². The van der Waals surface area contributed by atoms with E-state index < -0.39 is 12.0 Å². The summed E-state index contributed by atoms with van der Waals surface area (Å²) in [5.74, 6) is 0.479. The van der Waals surface area contributed by atoms with Crippen LogP contribution in [0.3, 0.4) is 0 Å². The number of fused-ring (bicyclic) bond motifs is 4. The van der Waals surface area contributed by atoms with Crippen LogP contribution in [0.4, 0.5) is 0 Å². The van der Waals surface area contributed by atoms with Crippen molar-refractivity contribution < 1.29 is 28.5 Å². The maximum atomic E-state index is 13.7. The summed E-state index contributed by atoms with van der Waals surface area (Å²) in [7, 11) is 3.19. The maximum Gasteiger partial charge on any atom is 0.254 e. The number of carbonyl (C=O) groups excluding carboxylic acids is 2. The maximum absolute atomic E-state index is 13.7. The molecule has 0 aliphatic carbocycles. The van der Waals surface area contributed by atoms with E-state index >= 15 is 0 Å². The van der Waals surface area contributed by atoms with E-state index in [-0.39, 0.29) is 18.1 Å². The normalized spacial score (nSPS) is 18.5. The van der Waals surface area contributed by atoms with Crippen molar-refractivity contribution in [3.05, 3.63) is 58.7 Å². The summed E-state index contributed by atoms with van der Waals surface area (Å²) in [6.07, 6.45) is 0.851. The van der Waals surface area contributed by atoms with Crippen molar-refractivity contribution in [3.8, 4) is 11.5 Å². The zero-order valence-corrected chi connectivity index (χ0v) is 20.8. The van der Waals surface area contributed by atoms with Crippen LogP contribution in [0.25, 0.3) is 0 Å². The van der Waals surface area contributed by atoms with Gasteiger partial charge in [-0.3, -0.25) is 9.59 Å². The topological polar surface area (TPSA) is 86.3 Å². The Balaban J connectivity index is 1.69. The first-order valence-corrected chi connectivity index (χ1v) is 12.2. The minimum atomic E-state index is -0.557. The van der Waals surface area contributed by atoms with E-state index in [9.17, 15) is 9.59 Å². The van der Waals surface area contributed by atoms with Crippen LogP contribution in [0.5, 0.6) is 11.5 Å². The van der Waals surface area contributed by atoms with Gasteiger partial charge in [-0.15, -0.1) is 0 Å². The fourth-order valence-electron chi connectivity index (χ4n) is 5.15. The van der Waals surface area contributed by atoms with E-state index in [0.29, 0.717) is 56.2 Å². The molecule has 8 heteroatoms. The standard InChI is InChI=1S/C27H34N2O6/c1-5-34-23(35-6-2)11-13-28-26(30)24-18-9-7-8-10-19(18)27(31)29-14-12-17-15-21(32-3)22(33-4)16-20(17)25(24)29/h7-10,15-16,23-25H,5-6,11-14H2,1-4H3,(H,28,30)/t24-,25+/m1/s1. The van der Waals surface area contributed by atoms with Gasteiger partial charge >= 0.3 is 0 Å². The Bertz CT molecular complexity index is 1070. The fourth-order valence-corrected chi connectivity index (χ4v) is 5.15. The van der Waals surface area contributed by atoms with Crippen molar-refractivity contribution in [2.24, 2.45) is 0 Å². The molecule has 0 unspecified atom stereocenters. The SMILES string of the molecule is CCOC(CCNC(=O)[C@@H]1c2ccccc2C(=O)N2CCc3cc(OC)c(OC)cc3[C@@H]12)OCC. The average Bonchev–Trinajstić information content (AvgIpc) is 2.88. The highest BCUT2D eigenvalue weighted by molar-refractivity contribution is 6.01. The molecular formula is C27H34N2O6. The predicted octanol–water partition coefficient (Wildman–Crippen LogP) is 3.45. The lowest BCUT2D eigenvalue weighted by Crippen LogP contribution is -2.50. The number of nitrogens with zero attached hydrogens (tertiary/aromatic N) is 1. The van der Waals surface area contributed by atoms with Gasteiger partial charge in [0.2, 0.25) is 5.91 Å². The molecule has 2 heterocycles. The summed E-state index contributed by atoms with van der Waals surface area (Å²) in [5, 5.41) is 3.08. The number of hydrogen-bond acceptors (Lipinski definition) is 6. The molecule has 0 radical (unpaired) electrons. The van der Waals surface area contributed by atoms with Crippen molar-refractivity contribution in [2.75, 3.05) is 40.5 Å². The molecule has 2 aliphatic rings. The number of rotatable bonds is 10. The first kappa shape index (κ1) is 25.0. The molecule has 2 amide bonds. The molecule has 8 nitrogen and oxygen atoms in total. The Kier molecular flexibility index (Phi) is 7.93. The van der Waals surface area contributed by atoms with Gasteiger partial charge < -0.3 is 29.2 Å². The van der Waals surface area contributed by atoms with Gasteiger partial charge in [-0.25, -0.2) is 0 Å². The lowest BCUT2D eigenvalue weighted by molar-refractivity contribution is -0.140. The second kappa shape index (κ2) is 11.1. The third kappa shape index (κ3) is 4.86. The third-order valence-electron chi connectivity index (χ3n) is 6.69. The first-order chi connectivity index (χ1) is 17.0. The predicted molar refractivity (Wildman–Crippen MR) is 131 cm³/mol. The summed E-state index contributed by atoms with van der Waals surface area (Å²) in [6, 6.07) is 10.8. The molecule has 2 atom stereocenters. The molecule has 35 heavy (non-hydrogen) atoms.